The monoisotopic (exact) mass is 1190 g/mol. The second-order valence-electron chi connectivity index (χ2n) is 24.8. The molecule has 2 unspecified atom stereocenters. The molecular weight excluding hydrogens is 1050 g/mol. The van der Waals surface area contributed by atoms with Gasteiger partial charge in [-0.15, -0.1) is 0 Å². The summed E-state index contributed by atoms with van der Waals surface area (Å²) in [5.74, 6) is -1.99. The van der Waals surface area contributed by atoms with Crippen LogP contribution in [0.4, 0.5) is 0 Å². The van der Waals surface area contributed by atoms with Crippen molar-refractivity contribution in [2.24, 2.45) is 0 Å². The molecule has 85 heavy (non-hydrogen) atoms. The molecule has 0 heterocycles. The van der Waals surface area contributed by atoms with E-state index >= 15 is 0 Å². The Labute approximate surface area is 524 Å². The Bertz CT molecular complexity index is 1720. The zero-order chi connectivity index (χ0) is 61.9. The number of quaternary nitrogens is 1. The van der Waals surface area contributed by atoms with Crippen LogP contribution in [0.3, 0.4) is 0 Å². The second kappa shape index (κ2) is 66.2. The molecule has 0 amide bonds. The van der Waals surface area contributed by atoms with Crippen LogP contribution in [0.15, 0.2) is 97.2 Å². The van der Waals surface area contributed by atoms with Crippen LogP contribution in [0, 0.1) is 0 Å². The Morgan fingerprint density at radius 2 is 0.635 bits per heavy atom. The summed E-state index contributed by atoms with van der Waals surface area (Å²) in [7, 11) is 5.98. The van der Waals surface area contributed by atoms with Gasteiger partial charge >= 0.3 is 17.9 Å². The average Bonchev–Trinajstić information content (AvgIpc) is 3.49. The Balaban J connectivity index is 4.07. The summed E-state index contributed by atoms with van der Waals surface area (Å²) >= 11 is 0. The van der Waals surface area contributed by atoms with Crippen LogP contribution < -0.4 is 0 Å². The number of ether oxygens (including phenoxy) is 4. The molecule has 0 aromatic heterocycles. The van der Waals surface area contributed by atoms with E-state index in [1.165, 1.54) is 193 Å². The van der Waals surface area contributed by atoms with Gasteiger partial charge in [-0.3, -0.25) is 9.59 Å². The molecule has 1 N–H and O–H groups in total. The van der Waals surface area contributed by atoms with E-state index in [1.807, 2.05) is 21.1 Å². The molecule has 490 valence electrons. The van der Waals surface area contributed by atoms with Crippen LogP contribution in [0.5, 0.6) is 0 Å². The highest BCUT2D eigenvalue weighted by atomic mass is 16.7. The number of hydrogen-bond acceptors (Lipinski definition) is 7. The number of hydrogen-bond donors (Lipinski definition) is 1. The summed E-state index contributed by atoms with van der Waals surface area (Å²) < 4.78 is 23.0. The topological polar surface area (TPSA) is 108 Å². The van der Waals surface area contributed by atoms with E-state index in [0.717, 1.165) is 89.9 Å². The van der Waals surface area contributed by atoms with E-state index in [-0.39, 0.29) is 32.2 Å². The highest BCUT2D eigenvalue weighted by Gasteiger charge is 2.25. The number of unbranched alkanes of at least 4 members (excludes halogenated alkanes) is 34. The molecule has 0 bridgehead atoms. The van der Waals surface area contributed by atoms with Crippen molar-refractivity contribution in [2.45, 2.75) is 322 Å². The van der Waals surface area contributed by atoms with E-state index in [4.69, 9.17) is 18.9 Å². The Kier molecular flexibility index (Phi) is 63.2. The smallest absolute Gasteiger partial charge is 0.361 e. The summed E-state index contributed by atoms with van der Waals surface area (Å²) in [6.07, 6.45) is 88.1. The van der Waals surface area contributed by atoms with Crippen molar-refractivity contribution in [1.82, 2.24) is 0 Å². The predicted molar refractivity (Wildman–Crippen MR) is 364 cm³/mol. The van der Waals surface area contributed by atoms with Gasteiger partial charge in [-0.1, -0.05) is 304 Å². The van der Waals surface area contributed by atoms with Gasteiger partial charge in [-0.25, -0.2) is 4.79 Å². The largest absolute Gasteiger partial charge is 0.477 e. The number of likely N-dealkylation sites (N-methyl/N-ethyl adjacent to an activating group) is 1. The van der Waals surface area contributed by atoms with Gasteiger partial charge < -0.3 is 28.5 Å². The minimum absolute atomic E-state index is 0.182. The number of allylic oxidation sites excluding steroid dienone is 16. The maximum Gasteiger partial charge on any atom is 0.361 e. The number of carbonyl (C=O) groups is 3. The molecule has 0 spiro atoms. The molecule has 9 heteroatoms. The molecule has 0 radical (unpaired) electrons. The summed E-state index contributed by atoms with van der Waals surface area (Å²) in [4.78, 5) is 37.6. The molecular formula is C76H134NO8+. The fourth-order valence-electron chi connectivity index (χ4n) is 10.00. The van der Waals surface area contributed by atoms with E-state index < -0.39 is 24.3 Å². The lowest BCUT2D eigenvalue weighted by molar-refractivity contribution is -0.870. The van der Waals surface area contributed by atoms with Crippen LogP contribution in [0.25, 0.3) is 0 Å². The van der Waals surface area contributed by atoms with Crippen LogP contribution in [0.2, 0.25) is 0 Å². The zero-order valence-electron chi connectivity index (χ0n) is 56.0. The molecule has 0 aromatic carbocycles. The van der Waals surface area contributed by atoms with E-state index in [0.29, 0.717) is 17.4 Å². The standard InChI is InChI=1S/C76H133NO8/c1-6-8-10-12-14-16-18-20-22-24-26-28-30-32-34-35-36-37-38-39-41-43-45-47-49-51-53-55-57-59-61-63-65-67-74(79)85-72(71-84-76(75(80)81)82-69-68-77(3,4)5)70-83-73(78)66-64-62-60-58-56-54-52-50-48-46-44-42-40-33-31-29-27-25-23-21-19-17-15-13-11-9-7-2/h8-11,14-17,20-23,26-29,72,76H,6-7,12-13,18-19,24-25,30-71H2,1-5H3/p+1/b10-8-,11-9-,16-14-,17-15-,22-20-,23-21-,28-26-,29-27-. The highest BCUT2D eigenvalue weighted by molar-refractivity contribution is 5.71. The van der Waals surface area contributed by atoms with Crippen molar-refractivity contribution in [3.05, 3.63) is 97.2 Å². The van der Waals surface area contributed by atoms with Crippen molar-refractivity contribution in [3.63, 3.8) is 0 Å². The third-order valence-corrected chi connectivity index (χ3v) is 15.3. The summed E-state index contributed by atoms with van der Waals surface area (Å²) in [6.45, 7) is 4.69. The third kappa shape index (κ3) is 67.6. The summed E-state index contributed by atoms with van der Waals surface area (Å²) in [6, 6.07) is 0. The minimum Gasteiger partial charge on any atom is -0.477 e. The lowest BCUT2D eigenvalue weighted by atomic mass is 10.0. The van der Waals surface area contributed by atoms with Gasteiger partial charge in [-0.05, 0) is 89.9 Å². The summed E-state index contributed by atoms with van der Waals surface area (Å²) in [5, 5.41) is 9.75. The number of carboxylic acids is 1. The first-order valence-corrected chi connectivity index (χ1v) is 35.4. The predicted octanol–water partition coefficient (Wildman–Crippen LogP) is 22.0. The molecule has 0 aromatic rings. The van der Waals surface area contributed by atoms with Crippen molar-refractivity contribution in [3.8, 4) is 0 Å². The Morgan fingerprint density at radius 3 is 0.941 bits per heavy atom. The normalized spacial score (nSPS) is 13.3. The molecule has 9 nitrogen and oxygen atoms in total. The number of rotatable bonds is 65. The Morgan fingerprint density at radius 1 is 0.353 bits per heavy atom. The van der Waals surface area contributed by atoms with Gasteiger partial charge in [0, 0.05) is 12.8 Å². The fraction of sp³-hybridized carbons (Fsp3) is 0.750. The summed E-state index contributed by atoms with van der Waals surface area (Å²) in [5.41, 5.74) is 0. The molecule has 2 atom stereocenters. The number of nitrogens with zero attached hydrogens (tertiary/aromatic N) is 1. The lowest BCUT2D eigenvalue weighted by Crippen LogP contribution is -2.40. The van der Waals surface area contributed by atoms with Gasteiger partial charge in [0.15, 0.2) is 6.10 Å². The number of esters is 2. The number of aliphatic carboxylic acids is 1. The van der Waals surface area contributed by atoms with Crippen LogP contribution in [0.1, 0.15) is 309 Å². The van der Waals surface area contributed by atoms with Crippen molar-refractivity contribution in [2.75, 3.05) is 47.5 Å². The molecule has 0 saturated carbocycles. The van der Waals surface area contributed by atoms with E-state index in [9.17, 15) is 19.5 Å². The van der Waals surface area contributed by atoms with Gasteiger partial charge in [0.2, 0.25) is 0 Å². The first kappa shape index (κ1) is 81.2. The SMILES string of the molecule is CC/C=C\C/C=C\C/C=C\C/C=C\CCCCCCCCCCCCCCCCCCCCCCC(=O)OC(COC(=O)CCCCCCCCCCCCCCCC/C=C\C/C=C\C/C=C\C/C=C\CC)COC(OCC[N+](C)(C)C)C(=O)O. The van der Waals surface area contributed by atoms with Gasteiger partial charge in [-0.2, -0.15) is 0 Å². The van der Waals surface area contributed by atoms with Gasteiger partial charge in [0.1, 0.15) is 13.2 Å². The van der Waals surface area contributed by atoms with Crippen molar-refractivity contribution < 1.29 is 42.9 Å². The lowest BCUT2D eigenvalue weighted by Gasteiger charge is -2.25. The van der Waals surface area contributed by atoms with Crippen LogP contribution in [-0.2, 0) is 33.3 Å². The number of carbonyl (C=O) groups excluding carboxylic acids is 2. The molecule has 0 rings (SSSR count). The molecule has 0 saturated heterocycles. The first-order chi connectivity index (χ1) is 41.6. The quantitative estimate of drug-likeness (QED) is 0.0211. The van der Waals surface area contributed by atoms with E-state index in [2.05, 4.69) is 111 Å². The second-order valence-corrected chi connectivity index (χ2v) is 24.8. The minimum atomic E-state index is -1.51. The fourth-order valence-corrected chi connectivity index (χ4v) is 10.00. The maximum absolute atomic E-state index is 13.0. The zero-order valence-corrected chi connectivity index (χ0v) is 56.0. The van der Waals surface area contributed by atoms with E-state index in [1.54, 1.807) is 0 Å². The van der Waals surface area contributed by atoms with Gasteiger partial charge in [0.25, 0.3) is 6.29 Å². The third-order valence-electron chi connectivity index (χ3n) is 15.3. The van der Waals surface area contributed by atoms with Crippen LogP contribution >= 0.6 is 0 Å². The molecule has 0 aliphatic carbocycles. The molecule has 0 fully saturated rings. The van der Waals surface area contributed by atoms with Crippen molar-refractivity contribution >= 4 is 17.9 Å². The Hall–Kier alpha value is -3.79. The van der Waals surface area contributed by atoms with Crippen molar-refractivity contribution in [1.29, 1.82) is 0 Å². The molecule has 0 aliphatic heterocycles. The van der Waals surface area contributed by atoms with Crippen LogP contribution in [-0.4, -0.2) is 87.4 Å². The average molecular weight is 1190 g/mol. The van der Waals surface area contributed by atoms with Gasteiger partial charge in [0.05, 0.1) is 34.4 Å². The maximum atomic E-state index is 13.0. The first-order valence-electron chi connectivity index (χ1n) is 35.4. The highest BCUT2D eigenvalue weighted by Crippen LogP contribution is 2.18. The number of carboxylic acid groups (broad SMARTS) is 1. The molecule has 0 aliphatic rings.